The molecule has 0 aliphatic rings. The maximum absolute atomic E-state index is 14.8. The zero-order chi connectivity index (χ0) is 26.0. The van der Waals surface area contributed by atoms with Crippen LogP contribution in [0.1, 0.15) is 22.5 Å². The molecule has 188 valence electrons. The molecule has 9 nitrogen and oxygen atoms in total. The van der Waals surface area contributed by atoms with Crippen molar-refractivity contribution in [3.8, 4) is 0 Å². The van der Waals surface area contributed by atoms with Gasteiger partial charge in [0.25, 0.3) is 11.5 Å². The number of anilines is 3. The Morgan fingerprint density at radius 1 is 1.11 bits per heavy atom. The number of rotatable bonds is 8. The lowest BCUT2D eigenvalue weighted by molar-refractivity contribution is -0.624. The Morgan fingerprint density at radius 2 is 1.97 bits per heavy atom. The van der Waals surface area contributed by atoms with E-state index in [4.69, 9.17) is 11.6 Å². The first-order valence-corrected chi connectivity index (χ1v) is 11.7. The van der Waals surface area contributed by atoms with Crippen LogP contribution in [0.5, 0.6) is 0 Å². The topological polar surface area (TPSA) is 107 Å². The summed E-state index contributed by atoms with van der Waals surface area (Å²) in [6.45, 7) is 0.890. The lowest BCUT2D eigenvalue weighted by Gasteiger charge is -2.17. The van der Waals surface area contributed by atoms with Crippen molar-refractivity contribution in [2.45, 2.75) is 19.3 Å². The van der Waals surface area contributed by atoms with E-state index in [0.29, 0.717) is 22.8 Å². The Balaban J connectivity index is 1.42. The molecule has 12 heteroatoms. The summed E-state index contributed by atoms with van der Waals surface area (Å²) in [5.41, 5.74) is 2.53. The molecule has 5 aromatic rings. The molecule has 0 spiro atoms. The molecule has 0 atom stereocenters. The molecule has 0 aliphatic heterocycles. The number of halogens is 3. The standard InChI is InChI=1S/C25H21ClF2N8O/c1-16-11-22(30-15-25(27,28)21-6-2-3-10-35(21)37)36-24(31-16)33-23(34-36)32-20-13-19(26)8-7-18(20)12-17-5-4-9-29-14-17/h2-11,13-14,30H,12,15H2,1H3,(H,32,34). The number of hydrogen-bond acceptors (Lipinski definition) is 7. The van der Waals surface area contributed by atoms with Crippen LogP contribution < -0.4 is 15.4 Å². The summed E-state index contributed by atoms with van der Waals surface area (Å²) in [6, 6.07) is 14.7. The van der Waals surface area contributed by atoms with E-state index in [2.05, 4.69) is 30.7 Å². The Morgan fingerprint density at radius 3 is 2.76 bits per heavy atom. The number of pyridine rings is 2. The number of nitrogens with one attached hydrogen (secondary N) is 2. The van der Waals surface area contributed by atoms with E-state index in [1.54, 1.807) is 37.5 Å². The predicted molar refractivity (Wildman–Crippen MR) is 135 cm³/mol. The second-order valence-electron chi connectivity index (χ2n) is 8.36. The molecular weight excluding hydrogens is 502 g/mol. The first-order chi connectivity index (χ1) is 17.8. The van der Waals surface area contributed by atoms with Gasteiger partial charge in [-0.2, -0.15) is 23.0 Å². The number of fused-ring (bicyclic) bond motifs is 1. The van der Waals surface area contributed by atoms with Gasteiger partial charge in [-0.15, -0.1) is 5.10 Å². The minimum absolute atomic E-state index is 0.153. The lowest BCUT2D eigenvalue weighted by atomic mass is 10.0. The fourth-order valence-corrected chi connectivity index (χ4v) is 4.00. The first kappa shape index (κ1) is 24.3. The third-order valence-corrected chi connectivity index (χ3v) is 5.80. The van der Waals surface area contributed by atoms with Crippen molar-refractivity contribution in [1.29, 1.82) is 0 Å². The number of benzene rings is 1. The van der Waals surface area contributed by atoms with E-state index in [-0.39, 0.29) is 22.3 Å². The average Bonchev–Trinajstić information content (AvgIpc) is 3.27. The zero-order valence-corrected chi connectivity index (χ0v) is 20.3. The summed E-state index contributed by atoms with van der Waals surface area (Å²) < 4.78 is 31.0. The number of nitrogens with zero attached hydrogens (tertiary/aromatic N) is 6. The van der Waals surface area contributed by atoms with Crippen LogP contribution in [0.2, 0.25) is 5.02 Å². The van der Waals surface area contributed by atoms with Gasteiger partial charge in [0.05, 0.1) is 6.54 Å². The molecule has 4 heterocycles. The molecule has 0 saturated heterocycles. The molecule has 0 bridgehead atoms. The molecule has 0 amide bonds. The van der Waals surface area contributed by atoms with Crippen LogP contribution in [0, 0.1) is 12.1 Å². The molecule has 1 aromatic carbocycles. The van der Waals surface area contributed by atoms with Gasteiger partial charge < -0.3 is 15.8 Å². The Hall–Kier alpha value is -4.38. The van der Waals surface area contributed by atoms with Gasteiger partial charge in [-0.3, -0.25) is 4.98 Å². The summed E-state index contributed by atoms with van der Waals surface area (Å²) in [5.74, 6) is -2.76. The van der Waals surface area contributed by atoms with Crippen molar-refractivity contribution in [2.24, 2.45) is 0 Å². The van der Waals surface area contributed by atoms with Gasteiger partial charge in [-0.1, -0.05) is 23.7 Å². The maximum atomic E-state index is 14.8. The zero-order valence-electron chi connectivity index (χ0n) is 19.6. The first-order valence-electron chi connectivity index (χ1n) is 11.3. The Bertz CT molecular complexity index is 1560. The third kappa shape index (κ3) is 5.41. The number of hydrogen-bond donors (Lipinski definition) is 2. The fourth-order valence-electron chi connectivity index (χ4n) is 3.83. The van der Waals surface area contributed by atoms with E-state index < -0.39 is 18.2 Å². The average molecular weight is 523 g/mol. The van der Waals surface area contributed by atoms with Crippen molar-refractivity contribution in [3.63, 3.8) is 0 Å². The van der Waals surface area contributed by atoms with Crippen LogP contribution in [0.3, 0.4) is 0 Å². The van der Waals surface area contributed by atoms with Gasteiger partial charge in [-0.05, 0) is 42.3 Å². The smallest absolute Gasteiger partial charge is 0.347 e. The Kier molecular flexibility index (Phi) is 6.53. The second-order valence-corrected chi connectivity index (χ2v) is 8.80. The lowest BCUT2D eigenvalue weighted by Crippen LogP contribution is -2.41. The minimum Gasteiger partial charge on any atom is -0.618 e. The minimum atomic E-state index is -3.43. The van der Waals surface area contributed by atoms with Gasteiger partial charge in [0.15, 0.2) is 6.20 Å². The quantitative estimate of drug-likeness (QED) is 0.225. The summed E-state index contributed by atoms with van der Waals surface area (Å²) >= 11 is 6.24. The summed E-state index contributed by atoms with van der Waals surface area (Å²) in [7, 11) is 0. The van der Waals surface area contributed by atoms with E-state index in [9.17, 15) is 14.0 Å². The van der Waals surface area contributed by atoms with Crippen molar-refractivity contribution in [2.75, 3.05) is 17.2 Å². The summed E-state index contributed by atoms with van der Waals surface area (Å²) in [5, 5.41) is 22.6. The Labute approximate surface area is 215 Å². The van der Waals surface area contributed by atoms with Gasteiger partial charge in [-0.25, -0.2) is 4.98 Å². The predicted octanol–water partition coefficient (Wildman–Crippen LogP) is 4.65. The highest BCUT2D eigenvalue weighted by atomic mass is 35.5. The van der Waals surface area contributed by atoms with Gasteiger partial charge in [0.2, 0.25) is 5.95 Å². The van der Waals surface area contributed by atoms with Gasteiger partial charge in [0, 0.05) is 53.4 Å². The molecular formula is C25H21ClF2N8O. The highest BCUT2D eigenvalue weighted by Crippen LogP contribution is 2.28. The molecule has 4 aromatic heterocycles. The number of aryl methyl sites for hydroxylation is 1. The number of alkyl halides is 2. The molecule has 0 unspecified atom stereocenters. The van der Waals surface area contributed by atoms with Crippen molar-refractivity contribution < 1.29 is 13.5 Å². The monoisotopic (exact) mass is 522 g/mol. The van der Waals surface area contributed by atoms with Crippen LogP contribution in [0.25, 0.3) is 5.78 Å². The molecule has 5 rings (SSSR count). The van der Waals surface area contributed by atoms with Gasteiger partial charge >= 0.3 is 5.92 Å². The normalized spacial score (nSPS) is 11.6. The summed E-state index contributed by atoms with van der Waals surface area (Å²) in [6.07, 6.45) is 5.12. The van der Waals surface area contributed by atoms with Crippen LogP contribution in [-0.2, 0) is 12.3 Å². The van der Waals surface area contributed by atoms with E-state index in [1.165, 1.54) is 16.6 Å². The van der Waals surface area contributed by atoms with E-state index in [0.717, 1.165) is 23.4 Å². The van der Waals surface area contributed by atoms with Gasteiger partial charge in [0.1, 0.15) is 5.82 Å². The van der Waals surface area contributed by atoms with Crippen molar-refractivity contribution >= 4 is 34.8 Å². The van der Waals surface area contributed by atoms with E-state index >= 15 is 0 Å². The molecule has 2 N–H and O–H groups in total. The highest BCUT2D eigenvalue weighted by Gasteiger charge is 2.39. The summed E-state index contributed by atoms with van der Waals surface area (Å²) in [4.78, 5) is 12.9. The third-order valence-electron chi connectivity index (χ3n) is 5.57. The SMILES string of the molecule is Cc1cc(NCC(F)(F)c2cccc[n+]2[O-])n2nc(Nc3cc(Cl)ccc3Cc3cccnc3)nc2n1. The van der Waals surface area contributed by atoms with Crippen LogP contribution >= 0.6 is 11.6 Å². The molecule has 0 saturated carbocycles. The molecule has 0 fully saturated rings. The fraction of sp³-hybridized carbons (Fsp3) is 0.160. The highest BCUT2D eigenvalue weighted by molar-refractivity contribution is 6.30. The van der Waals surface area contributed by atoms with Crippen molar-refractivity contribution in [3.05, 3.63) is 106 Å². The molecule has 0 aliphatic carbocycles. The maximum Gasteiger partial charge on any atom is 0.347 e. The van der Waals surface area contributed by atoms with Crippen LogP contribution in [0.4, 0.5) is 26.2 Å². The molecule has 37 heavy (non-hydrogen) atoms. The number of aromatic nitrogens is 6. The van der Waals surface area contributed by atoms with Crippen LogP contribution in [0.15, 0.2) is 73.2 Å². The largest absolute Gasteiger partial charge is 0.618 e. The van der Waals surface area contributed by atoms with E-state index in [1.807, 2.05) is 18.2 Å². The second kappa shape index (κ2) is 9.94. The van der Waals surface area contributed by atoms with Crippen LogP contribution in [-0.4, -0.2) is 31.1 Å². The van der Waals surface area contributed by atoms with Crippen molar-refractivity contribution in [1.82, 2.24) is 24.6 Å². The molecule has 0 radical (unpaired) electrons.